The Morgan fingerprint density at radius 2 is 2.00 bits per heavy atom. The fourth-order valence-corrected chi connectivity index (χ4v) is 2.07. The number of nitrogens with zero attached hydrogens (tertiary/aromatic N) is 1. The Balaban J connectivity index is 2.24. The third-order valence-corrected chi connectivity index (χ3v) is 3.19. The van der Waals surface area contributed by atoms with Gasteiger partial charge in [0.25, 0.3) is 5.69 Å². The third-order valence-electron chi connectivity index (χ3n) is 2.66. The van der Waals surface area contributed by atoms with Gasteiger partial charge in [-0.1, -0.05) is 29.3 Å². The van der Waals surface area contributed by atoms with E-state index < -0.39 is 10.7 Å². The molecule has 0 amide bonds. The summed E-state index contributed by atoms with van der Waals surface area (Å²) in [5.41, 5.74) is 0.456. The lowest BCUT2D eigenvalue weighted by Gasteiger charge is -2.09. The predicted octanol–water partition coefficient (Wildman–Crippen LogP) is 4.65. The molecule has 0 aliphatic rings. The number of halogens is 3. The van der Waals surface area contributed by atoms with Crippen LogP contribution >= 0.6 is 23.2 Å². The number of hydrogen-bond donors (Lipinski definition) is 1. The van der Waals surface area contributed by atoms with Gasteiger partial charge in [-0.2, -0.15) is 0 Å². The maximum absolute atomic E-state index is 13.7. The van der Waals surface area contributed by atoms with Crippen molar-refractivity contribution in [3.8, 4) is 0 Å². The molecule has 0 saturated heterocycles. The Labute approximate surface area is 124 Å². The first-order valence-electron chi connectivity index (χ1n) is 5.59. The Bertz CT molecular complexity index is 665. The van der Waals surface area contributed by atoms with Gasteiger partial charge in [-0.15, -0.1) is 0 Å². The molecule has 4 nitrogen and oxygen atoms in total. The maximum atomic E-state index is 13.7. The molecule has 0 radical (unpaired) electrons. The van der Waals surface area contributed by atoms with Crippen LogP contribution in [-0.4, -0.2) is 4.92 Å². The van der Waals surface area contributed by atoms with E-state index in [-0.39, 0.29) is 22.9 Å². The summed E-state index contributed by atoms with van der Waals surface area (Å²) in [6.07, 6.45) is 0. The molecule has 0 aliphatic carbocycles. The molecule has 0 unspecified atom stereocenters. The molecule has 0 saturated carbocycles. The van der Waals surface area contributed by atoms with Crippen LogP contribution in [0.4, 0.5) is 15.8 Å². The van der Waals surface area contributed by atoms with Crippen molar-refractivity contribution >= 4 is 34.6 Å². The van der Waals surface area contributed by atoms with Gasteiger partial charge in [-0.3, -0.25) is 10.1 Å². The molecule has 2 aromatic rings. The third kappa shape index (κ3) is 3.18. The van der Waals surface area contributed by atoms with Crippen LogP contribution in [0.3, 0.4) is 0 Å². The van der Waals surface area contributed by atoms with Gasteiger partial charge in [0.05, 0.1) is 21.2 Å². The number of nitro benzene ring substituents is 1. The van der Waals surface area contributed by atoms with E-state index in [2.05, 4.69) is 5.32 Å². The average molecular weight is 315 g/mol. The first-order chi connectivity index (χ1) is 9.49. The molecule has 20 heavy (non-hydrogen) atoms. The summed E-state index contributed by atoms with van der Waals surface area (Å²) >= 11 is 11.5. The van der Waals surface area contributed by atoms with Crippen LogP contribution in [0.2, 0.25) is 10.0 Å². The summed E-state index contributed by atoms with van der Waals surface area (Å²) in [6.45, 7) is 0.0636. The molecule has 7 heteroatoms. The van der Waals surface area contributed by atoms with Crippen molar-refractivity contribution in [3.05, 3.63) is 67.9 Å². The van der Waals surface area contributed by atoms with Crippen LogP contribution in [0.25, 0.3) is 0 Å². The lowest BCUT2D eigenvalue weighted by atomic mass is 10.1. The molecular formula is C13H9Cl2FN2O2. The molecule has 0 spiro atoms. The highest BCUT2D eigenvalue weighted by Crippen LogP contribution is 2.26. The standard InChI is InChI=1S/C13H9Cl2FN2O2/c14-9-4-5-12(18(19)20)8(6-9)7-17-11-3-1-2-10(15)13(11)16/h1-6,17H,7H2. The number of benzene rings is 2. The topological polar surface area (TPSA) is 55.2 Å². The van der Waals surface area contributed by atoms with Gasteiger partial charge in [0.15, 0.2) is 5.82 Å². The van der Waals surface area contributed by atoms with Gasteiger partial charge in [0, 0.05) is 17.6 Å². The number of hydrogen-bond acceptors (Lipinski definition) is 3. The lowest BCUT2D eigenvalue weighted by Crippen LogP contribution is -2.04. The molecule has 0 bridgehead atoms. The predicted molar refractivity (Wildman–Crippen MR) is 76.8 cm³/mol. The molecule has 0 fully saturated rings. The zero-order valence-corrected chi connectivity index (χ0v) is 11.6. The van der Waals surface area contributed by atoms with Crippen LogP contribution in [-0.2, 0) is 6.54 Å². The lowest BCUT2D eigenvalue weighted by molar-refractivity contribution is -0.385. The summed E-state index contributed by atoms with van der Waals surface area (Å²) in [7, 11) is 0. The highest BCUT2D eigenvalue weighted by molar-refractivity contribution is 6.31. The Kier molecular flexibility index (Phi) is 4.42. The quantitative estimate of drug-likeness (QED) is 0.660. The molecular weight excluding hydrogens is 306 g/mol. The normalized spacial score (nSPS) is 10.3. The Hall–Kier alpha value is -1.85. The largest absolute Gasteiger partial charge is 0.378 e. The highest BCUT2D eigenvalue weighted by atomic mass is 35.5. The second kappa shape index (κ2) is 6.07. The number of anilines is 1. The summed E-state index contributed by atoms with van der Waals surface area (Å²) in [5, 5.41) is 14.0. The van der Waals surface area contributed by atoms with E-state index in [4.69, 9.17) is 23.2 Å². The average Bonchev–Trinajstić information content (AvgIpc) is 2.40. The number of nitro groups is 1. The monoisotopic (exact) mass is 314 g/mol. The Morgan fingerprint density at radius 3 is 2.70 bits per heavy atom. The van der Waals surface area contributed by atoms with E-state index in [1.54, 1.807) is 6.07 Å². The minimum atomic E-state index is -0.598. The smallest absolute Gasteiger partial charge is 0.274 e. The molecule has 2 rings (SSSR count). The van der Waals surface area contributed by atoms with E-state index >= 15 is 0 Å². The molecule has 0 heterocycles. The van der Waals surface area contributed by atoms with Gasteiger partial charge in [0.2, 0.25) is 0 Å². The molecule has 2 aromatic carbocycles. The van der Waals surface area contributed by atoms with E-state index in [0.717, 1.165) is 0 Å². The van der Waals surface area contributed by atoms with Gasteiger partial charge in [-0.05, 0) is 24.3 Å². The van der Waals surface area contributed by atoms with Gasteiger partial charge in [0.1, 0.15) is 0 Å². The van der Waals surface area contributed by atoms with Crippen LogP contribution in [0.5, 0.6) is 0 Å². The SMILES string of the molecule is O=[N+]([O-])c1ccc(Cl)cc1CNc1cccc(Cl)c1F. The molecule has 0 aliphatic heterocycles. The van der Waals surface area contributed by atoms with E-state index in [0.29, 0.717) is 10.6 Å². The summed E-state index contributed by atoms with van der Waals surface area (Å²) in [4.78, 5) is 10.4. The van der Waals surface area contributed by atoms with Crippen LogP contribution in [0, 0.1) is 15.9 Å². The van der Waals surface area contributed by atoms with E-state index in [1.165, 1.54) is 30.3 Å². The summed E-state index contributed by atoms with van der Waals surface area (Å²) < 4.78 is 13.7. The molecule has 0 aromatic heterocycles. The van der Waals surface area contributed by atoms with Crippen molar-refractivity contribution < 1.29 is 9.31 Å². The zero-order chi connectivity index (χ0) is 14.7. The first kappa shape index (κ1) is 14.6. The fraction of sp³-hybridized carbons (Fsp3) is 0.0769. The van der Waals surface area contributed by atoms with Gasteiger partial charge >= 0.3 is 0 Å². The van der Waals surface area contributed by atoms with Crippen molar-refractivity contribution in [1.29, 1.82) is 0 Å². The van der Waals surface area contributed by atoms with Crippen molar-refractivity contribution in [3.63, 3.8) is 0 Å². The second-order valence-electron chi connectivity index (χ2n) is 3.99. The number of nitrogens with one attached hydrogen (secondary N) is 1. The van der Waals surface area contributed by atoms with Crippen molar-refractivity contribution in [2.24, 2.45) is 0 Å². The van der Waals surface area contributed by atoms with Crippen molar-refractivity contribution in [2.75, 3.05) is 5.32 Å². The summed E-state index contributed by atoms with van der Waals surface area (Å²) in [6, 6.07) is 8.72. The minimum Gasteiger partial charge on any atom is -0.378 e. The fourth-order valence-electron chi connectivity index (χ4n) is 1.70. The molecule has 1 N–H and O–H groups in total. The summed E-state index contributed by atoms with van der Waals surface area (Å²) in [5.74, 6) is -0.598. The van der Waals surface area contributed by atoms with Crippen LogP contribution in [0.1, 0.15) is 5.56 Å². The maximum Gasteiger partial charge on any atom is 0.274 e. The van der Waals surface area contributed by atoms with E-state index in [1.807, 2.05) is 0 Å². The molecule has 0 atom stereocenters. The van der Waals surface area contributed by atoms with Crippen LogP contribution in [0.15, 0.2) is 36.4 Å². The van der Waals surface area contributed by atoms with Crippen LogP contribution < -0.4 is 5.32 Å². The van der Waals surface area contributed by atoms with Crippen molar-refractivity contribution in [2.45, 2.75) is 6.54 Å². The second-order valence-corrected chi connectivity index (χ2v) is 4.83. The molecule has 104 valence electrons. The minimum absolute atomic E-state index is 0.0180. The highest BCUT2D eigenvalue weighted by Gasteiger charge is 2.14. The van der Waals surface area contributed by atoms with Gasteiger partial charge < -0.3 is 5.32 Å². The Morgan fingerprint density at radius 1 is 1.25 bits per heavy atom. The zero-order valence-electron chi connectivity index (χ0n) is 10.1. The first-order valence-corrected chi connectivity index (χ1v) is 6.35. The number of rotatable bonds is 4. The van der Waals surface area contributed by atoms with E-state index in [9.17, 15) is 14.5 Å². The van der Waals surface area contributed by atoms with Crippen molar-refractivity contribution in [1.82, 2.24) is 0 Å². The van der Waals surface area contributed by atoms with Gasteiger partial charge in [-0.25, -0.2) is 4.39 Å².